The summed E-state index contributed by atoms with van der Waals surface area (Å²) in [5.41, 5.74) is 5.34. The molecule has 158 valence electrons. The number of aromatic nitrogens is 1. The molecular weight excluding hydrogens is 486 g/mol. The van der Waals surface area contributed by atoms with Gasteiger partial charge in [-0.05, 0) is 68.0 Å². The zero-order chi connectivity index (χ0) is 21.0. The summed E-state index contributed by atoms with van der Waals surface area (Å²) in [5.74, 6) is 0.755. The van der Waals surface area contributed by atoms with E-state index in [0.29, 0.717) is 0 Å². The highest BCUT2D eigenvalue weighted by atomic mass is 79.9. The number of halogens is 2. The van der Waals surface area contributed by atoms with Gasteiger partial charge in [0.15, 0.2) is 0 Å². The Labute approximate surface area is 193 Å². The van der Waals surface area contributed by atoms with E-state index in [1.807, 2.05) is 0 Å². The lowest BCUT2D eigenvalue weighted by Crippen LogP contribution is -2.11. The Kier molecular flexibility index (Phi) is 8.27. The summed E-state index contributed by atoms with van der Waals surface area (Å²) in [6.45, 7) is 10.1. The molecule has 3 rings (SSSR count). The molecule has 0 N–H and O–H groups in total. The van der Waals surface area contributed by atoms with Crippen molar-refractivity contribution in [3.8, 4) is 0 Å². The van der Waals surface area contributed by atoms with Crippen molar-refractivity contribution in [3.63, 3.8) is 0 Å². The van der Waals surface area contributed by atoms with Crippen molar-refractivity contribution in [1.82, 2.24) is 4.57 Å². The third-order valence-corrected chi connectivity index (χ3v) is 8.01. The monoisotopic (exact) mass is 519 g/mol. The van der Waals surface area contributed by atoms with Crippen molar-refractivity contribution in [2.75, 3.05) is 0 Å². The molecule has 0 radical (unpaired) electrons. The molecule has 29 heavy (non-hydrogen) atoms. The molecular formula is C26H35Br2N. The smallest absolute Gasteiger partial charge is 0.0502 e. The van der Waals surface area contributed by atoms with Gasteiger partial charge in [-0.3, -0.25) is 0 Å². The zero-order valence-corrected chi connectivity index (χ0v) is 21.6. The van der Waals surface area contributed by atoms with Gasteiger partial charge in [-0.2, -0.15) is 0 Å². The predicted molar refractivity (Wildman–Crippen MR) is 136 cm³/mol. The standard InChI is InChI=1S/C26H35Br2N/c1-5-7-9-10-12-20(11-8-6-2)17-29-25-15-23(27)18(3)13-21(25)22-14-19(4)24(28)16-26(22)29/h13-16,20H,5-12,17H2,1-4H3. The van der Waals surface area contributed by atoms with Crippen LogP contribution in [-0.2, 0) is 6.54 Å². The van der Waals surface area contributed by atoms with Crippen LogP contribution in [0.5, 0.6) is 0 Å². The van der Waals surface area contributed by atoms with Gasteiger partial charge in [-0.25, -0.2) is 0 Å². The first-order valence-corrected chi connectivity index (χ1v) is 12.9. The number of benzene rings is 2. The lowest BCUT2D eigenvalue weighted by atomic mass is 9.95. The quantitative estimate of drug-likeness (QED) is 0.234. The van der Waals surface area contributed by atoms with Crippen molar-refractivity contribution >= 4 is 53.7 Å². The van der Waals surface area contributed by atoms with E-state index >= 15 is 0 Å². The van der Waals surface area contributed by atoms with Crippen molar-refractivity contribution in [1.29, 1.82) is 0 Å². The second-order valence-electron chi connectivity index (χ2n) is 8.71. The fraction of sp³-hybridized carbons (Fsp3) is 0.538. The van der Waals surface area contributed by atoms with Crippen LogP contribution in [-0.4, -0.2) is 4.57 Å². The molecule has 0 saturated heterocycles. The summed E-state index contributed by atoms with van der Waals surface area (Å²) < 4.78 is 5.01. The van der Waals surface area contributed by atoms with Gasteiger partial charge in [0, 0.05) is 26.3 Å². The maximum Gasteiger partial charge on any atom is 0.0502 e. The summed E-state index contributed by atoms with van der Waals surface area (Å²) in [5, 5.41) is 2.77. The first-order chi connectivity index (χ1) is 14.0. The third kappa shape index (κ3) is 5.28. The Morgan fingerprint density at radius 1 is 0.724 bits per heavy atom. The highest BCUT2D eigenvalue weighted by molar-refractivity contribution is 9.10. The van der Waals surface area contributed by atoms with E-state index in [-0.39, 0.29) is 0 Å². The number of rotatable bonds is 10. The fourth-order valence-electron chi connectivity index (χ4n) is 4.48. The van der Waals surface area contributed by atoms with Gasteiger partial charge in [0.2, 0.25) is 0 Å². The number of nitrogens with zero attached hydrogens (tertiary/aromatic N) is 1. The van der Waals surface area contributed by atoms with E-state index in [1.54, 1.807) is 0 Å². The summed E-state index contributed by atoms with van der Waals surface area (Å²) in [6.07, 6.45) is 10.7. The van der Waals surface area contributed by atoms with Crippen molar-refractivity contribution in [2.24, 2.45) is 5.92 Å². The number of aryl methyl sites for hydroxylation is 2. The number of fused-ring (bicyclic) bond motifs is 3. The normalized spacial score (nSPS) is 12.9. The average Bonchev–Trinajstić information content (AvgIpc) is 2.96. The second-order valence-corrected chi connectivity index (χ2v) is 10.4. The molecule has 1 nitrogen and oxygen atoms in total. The summed E-state index contributed by atoms with van der Waals surface area (Å²) >= 11 is 7.56. The van der Waals surface area contributed by atoms with Crippen LogP contribution in [0, 0.1) is 19.8 Å². The van der Waals surface area contributed by atoms with Crippen LogP contribution in [0.3, 0.4) is 0 Å². The second kappa shape index (κ2) is 10.5. The largest absolute Gasteiger partial charge is 0.340 e. The van der Waals surface area contributed by atoms with Crippen molar-refractivity contribution in [2.45, 2.75) is 85.6 Å². The van der Waals surface area contributed by atoms with Gasteiger partial charge in [0.1, 0.15) is 0 Å². The lowest BCUT2D eigenvalue weighted by molar-refractivity contribution is 0.371. The maximum atomic E-state index is 3.78. The highest BCUT2D eigenvalue weighted by Gasteiger charge is 2.17. The molecule has 0 aliphatic rings. The minimum Gasteiger partial charge on any atom is -0.340 e. The number of unbranched alkanes of at least 4 members (excludes halogenated alkanes) is 4. The van der Waals surface area contributed by atoms with Crippen molar-refractivity contribution in [3.05, 3.63) is 44.3 Å². The van der Waals surface area contributed by atoms with Gasteiger partial charge in [0.25, 0.3) is 0 Å². The molecule has 0 spiro atoms. The predicted octanol–water partition coefficient (Wildman–Crippen LogP) is 9.71. The first kappa shape index (κ1) is 22.9. The van der Waals surface area contributed by atoms with E-state index in [4.69, 9.17) is 0 Å². The minimum absolute atomic E-state index is 0.755. The molecule has 0 bridgehead atoms. The Hall–Kier alpha value is -0.800. The van der Waals surface area contributed by atoms with Crippen LogP contribution in [0.25, 0.3) is 21.8 Å². The van der Waals surface area contributed by atoms with Crippen LogP contribution >= 0.6 is 31.9 Å². The molecule has 1 heterocycles. The molecule has 0 fully saturated rings. The van der Waals surface area contributed by atoms with E-state index in [0.717, 1.165) is 12.5 Å². The summed E-state index contributed by atoms with van der Waals surface area (Å²) in [4.78, 5) is 0. The van der Waals surface area contributed by atoms with E-state index < -0.39 is 0 Å². The molecule has 3 heteroatoms. The SMILES string of the molecule is CCCCCCC(CCCC)Cn1c2cc(Br)c(C)cc2c2cc(C)c(Br)cc21. The zero-order valence-electron chi connectivity index (χ0n) is 18.5. The summed E-state index contributed by atoms with van der Waals surface area (Å²) in [7, 11) is 0. The molecule has 0 amide bonds. The van der Waals surface area contributed by atoms with Gasteiger partial charge in [-0.15, -0.1) is 0 Å². The lowest BCUT2D eigenvalue weighted by Gasteiger charge is -2.19. The molecule has 0 aliphatic carbocycles. The minimum atomic E-state index is 0.755. The topological polar surface area (TPSA) is 4.93 Å². The molecule has 1 aromatic heterocycles. The molecule has 1 atom stereocenters. The Balaban J connectivity index is 2.04. The molecule has 1 unspecified atom stereocenters. The molecule has 2 aromatic carbocycles. The molecule has 0 aliphatic heterocycles. The third-order valence-electron chi connectivity index (χ3n) is 6.30. The van der Waals surface area contributed by atoms with Gasteiger partial charge in [-0.1, -0.05) is 84.2 Å². The van der Waals surface area contributed by atoms with Crippen LogP contribution < -0.4 is 0 Å². The number of hydrogen-bond acceptors (Lipinski definition) is 0. The van der Waals surface area contributed by atoms with Gasteiger partial charge in [0.05, 0.1) is 11.0 Å². The molecule has 3 aromatic rings. The van der Waals surface area contributed by atoms with E-state index in [9.17, 15) is 0 Å². The van der Waals surface area contributed by atoms with Crippen LogP contribution in [0.15, 0.2) is 33.2 Å². The summed E-state index contributed by atoms with van der Waals surface area (Å²) in [6, 6.07) is 9.38. The van der Waals surface area contributed by atoms with Crippen LogP contribution in [0.2, 0.25) is 0 Å². The van der Waals surface area contributed by atoms with E-state index in [2.05, 4.69) is 88.4 Å². The molecule has 0 saturated carbocycles. The maximum absolute atomic E-state index is 3.78. The van der Waals surface area contributed by atoms with Gasteiger partial charge < -0.3 is 4.57 Å². The number of hydrogen-bond donors (Lipinski definition) is 0. The van der Waals surface area contributed by atoms with Crippen LogP contribution in [0.4, 0.5) is 0 Å². The fourth-order valence-corrected chi connectivity index (χ4v) is 5.15. The van der Waals surface area contributed by atoms with Crippen molar-refractivity contribution < 1.29 is 0 Å². The van der Waals surface area contributed by atoms with E-state index in [1.165, 1.54) is 93.2 Å². The van der Waals surface area contributed by atoms with Crippen LogP contribution in [0.1, 0.15) is 76.3 Å². The first-order valence-electron chi connectivity index (χ1n) is 11.3. The Morgan fingerprint density at radius 2 is 1.24 bits per heavy atom. The van der Waals surface area contributed by atoms with Gasteiger partial charge >= 0.3 is 0 Å². The highest BCUT2D eigenvalue weighted by Crippen LogP contribution is 2.37. The Morgan fingerprint density at radius 3 is 1.76 bits per heavy atom. The average molecular weight is 521 g/mol. The Bertz CT molecular complexity index is 905.